The zero-order chi connectivity index (χ0) is 16.4. The number of nitrogens with zero attached hydrogens (tertiary/aromatic N) is 1. The molecule has 1 atom stereocenters. The number of aromatic hydroxyl groups is 1. The highest BCUT2D eigenvalue weighted by atomic mass is 19.1. The van der Waals surface area contributed by atoms with Gasteiger partial charge in [-0.25, -0.2) is 4.39 Å². The summed E-state index contributed by atoms with van der Waals surface area (Å²) in [6, 6.07) is 11.3. The molecule has 0 radical (unpaired) electrons. The van der Waals surface area contributed by atoms with Crippen LogP contribution in [-0.2, 0) is 0 Å². The lowest BCUT2D eigenvalue weighted by Gasteiger charge is -2.36. The quantitative estimate of drug-likeness (QED) is 0.902. The summed E-state index contributed by atoms with van der Waals surface area (Å²) < 4.78 is 13.2. The van der Waals surface area contributed by atoms with Crippen LogP contribution in [0.4, 0.5) is 4.39 Å². The molecule has 0 saturated carbocycles. The number of benzene rings is 2. The van der Waals surface area contributed by atoms with Crippen molar-refractivity contribution in [2.24, 2.45) is 0 Å². The Bertz CT molecular complexity index is 712. The molecule has 120 valence electrons. The van der Waals surface area contributed by atoms with Crippen molar-refractivity contribution in [3.63, 3.8) is 0 Å². The van der Waals surface area contributed by atoms with Gasteiger partial charge in [-0.15, -0.1) is 0 Å². The SMILES string of the molecule is Cc1c(O)cccc1C(=O)N1CCCC[C@@H]1c1ccc(F)cc1. The van der Waals surface area contributed by atoms with Crippen molar-refractivity contribution in [2.75, 3.05) is 6.54 Å². The van der Waals surface area contributed by atoms with E-state index in [2.05, 4.69) is 0 Å². The standard InChI is InChI=1S/C19H20FNO2/c1-13-16(5-4-7-18(13)22)19(23)21-12-3-2-6-17(21)14-8-10-15(20)11-9-14/h4-5,7-11,17,22H,2-3,6,12H2,1H3/t17-/m1/s1. The largest absolute Gasteiger partial charge is 0.508 e. The van der Waals surface area contributed by atoms with E-state index in [4.69, 9.17) is 0 Å². The number of carbonyl (C=O) groups excluding carboxylic acids is 1. The lowest BCUT2D eigenvalue weighted by atomic mass is 9.94. The number of hydrogen-bond donors (Lipinski definition) is 1. The van der Waals surface area contributed by atoms with Crippen molar-refractivity contribution in [1.82, 2.24) is 4.90 Å². The van der Waals surface area contributed by atoms with Crippen molar-refractivity contribution in [1.29, 1.82) is 0 Å². The highest BCUT2D eigenvalue weighted by Crippen LogP contribution is 2.33. The second-order valence-corrected chi connectivity index (χ2v) is 6.01. The summed E-state index contributed by atoms with van der Waals surface area (Å²) in [5, 5.41) is 9.85. The minimum atomic E-state index is -0.272. The minimum absolute atomic E-state index is 0.0430. The van der Waals surface area contributed by atoms with Crippen LogP contribution >= 0.6 is 0 Å². The molecule has 1 N–H and O–H groups in total. The van der Waals surface area contributed by atoms with Gasteiger partial charge in [0.15, 0.2) is 0 Å². The second-order valence-electron chi connectivity index (χ2n) is 6.01. The van der Waals surface area contributed by atoms with E-state index in [1.54, 1.807) is 37.3 Å². The Labute approximate surface area is 135 Å². The average molecular weight is 313 g/mol. The van der Waals surface area contributed by atoms with Crippen LogP contribution in [0.25, 0.3) is 0 Å². The summed E-state index contributed by atoms with van der Waals surface area (Å²) in [5.74, 6) is -0.218. The predicted molar refractivity (Wildman–Crippen MR) is 86.9 cm³/mol. The van der Waals surface area contributed by atoms with Crippen LogP contribution < -0.4 is 0 Å². The number of phenolic OH excluding ortho intramolecular Hbond substituents is 1. The maximum atomic E-state index is 13.2. The van der Waals surface area contributed by atoms with Crippen LogP contribution in [0.3, 0.4) is 0 Å². The molecule has 0 unspecified atom stereocenters. The molecule has 0 aromatic heterocycles. The van der Waals surface area contributed by atoms with Crippen LogP contribution in [0.5, 0.6) is 5.75 Å². The van der Waals surface area contributed by atoms with Crippen LogP contribution in [0.1, 0.15) is 46.8 Å². The Hall–Kier alpha value is -2.36. The molecule has 0 aliphatic carbocycles. The normalized spacial score (nSPS) is 18.0. The van der Waals surface area contributed by atoms with E-state index < -0.39 is 0 Å². The first kappa shape index (κ1) is 15.5. The molecule has 1 aliphatic rings. The third-order valence-corrected chi connectivity index (χ3v) is 4.55. The van der Waals surface area contributed by atoms with Crippen molar-refractivity contribution in [2.45, 2.75) is 32.2 Å². The molecule has 0 bridgehead atoms. The molecule has 2 aromatic carbocycles. The molecule has 0 spiro atoms. The lowest BCUT2D eigenvalue weighted by molar-refractivity contribution is 0.0610. The van der Waals surface area contributed by atoms with Gasteiger partial charge in [0, 0.05) is 17.7 Å². The van der Waals surface area contributed by atoms with E-state index >= 15 is 0 Å². The summed E-state index contributed by atoms with van der Waals surface area (Å²) >= 11 is 0. The molecule has 2 aromatic rings. The molecule has 23 heavy (non-hydrogen) atoms. The maximum absolute atomic E-state index is 13.2. The molecule has 3 rings (SSSR count). The Kier molecular flexibility index (Phi) is 4.33. The molecular weight excluding hydrogens is 293 g/mol. The number of piperidine rings is 1. The fraction of sp³-hybridized carbons (Fsp3) is 0.316. The van der Waals surface area contributed by atoms with E-state index in [1.807, 2.05) is 4.90 Å². The van der Waals surface area contributed by atoms with Crippen molar-refractivity contribution < 1.29 is 14.3 Å². The maximum Gasteiger partial charge on any atom is 0.254 e. The van der Waals surface area contributed by atoms with Gasteiger partial charge in [-0.05, 0) is 56.0 Å². The molecule has 1 heterocycles. The Balaban J connectivity index is 1.93. The average Bonchev–Trinajstić information content (AvgIpc) is 2.57. The molecule has 1 fully saturated rings. The molecule has 3 nitrogen and oxygen atoms in total. The van der Waals surface area contributed by atoms with Gasteiger partial charge in [0.05, 0.1) is 6.04 Å². The topological polar surface area (TPSA) is 40.5 Å². The van der Waals surface area contributed by atoms with Gasteiger partial charge < -0.3 is 10.0 Å². The Morgan fingerprint density at radius 1 is 1.17 bits per heavy atom. The number of amides is 1. The molecule has 4 heteroatoms. The van der Waals surface area contributed by atoms with Crippen LogP contribution in [0.15, 0.2) is 42.5 Å². The summed E-state index contributed by atoms with van der Waals surface area (Å²) in [5.41, 5.74) is 2.08. The van der Waals surface area contributed by atoms with Gasteiger partial charge in [-0.2, -0.15) is 0 Å². The Morgan fingerprint density at radius 2 is 1.91 bits per heavy atom. The van der Waals surface area contributed by atoms with Gasteiger partial charge in [-0.3, -0.25) is 4.79 Å². The monoisotopic (exact) mass is 313 g/mol. The van der Waals surface area contributed by atoms with Gasteiger partial charge in [0.25, 0.3) is 5.91 Å². The van der Waals surface area contributed by atoms with Crippen LogP contribution in [-0.4, -0.2) is 22.5 Å². The van der Waals surface area contributed by atoms with E-state index in [0.29, 0.717) is 17.7 Å². The highest BCUT2D eigenvalue weighted by Gasteiger charge is 2.29. The lowest BCUT2D eigenvalue weighted by Crippen LogP contribution is -2.38. The number of hydrogen-bond acceptors (Lipinski definition) is 2. The van der Waals surface area contributed by atoms with Crippen molar-refractivity contribution >= 4 is 5.91 Å². The third-order valence-electron chi connectivity index (χ3n) is 4.55. The minimum Gasteiger partial charge on any atom is -0.508 e. The fourth-order valence-electron chi connectivity index (χ4n) is 3.22. The first-order chi connectivity index (χ1) is 11.1. The van der Waals surface area contributed by atoms with Gasteiger partial charge in [0.1, 0.15) is 11.6 Å². The predicted octanol–water partition coefficient (Wildman–Crippen LogP) is 4.21. The number of likely N-dealkylation sites (tertiary alicyclic amines) is 1. The van der Waals surface area contributed by atoms with E-state index in [-0.39, 0.29) is 23.5 Å². The van der Waals surface area contributed by atoms with Gasteiger partial charge in [0.2, 0.25) is 0 Å². The zero-order valence-corrected chi connectivity index (χ0v) is 13.1. The van der Waals surface area contributed by atoms with E-state index in [9.17, 15) is 14.3 Å². The summed E-state index contributed by atoms with van der Waals surface area (Å²) in [7, 11) is 0. The van der Waals surface area contributed by atoms with Crippen molar-refractivity contribution in [3.05, 3.63) is 65.0 Å². The highest BCUT2D eigenvalue weighted by molar-refractivity contribution is 5.96. The van der Waals surface area contributed by atoms with Gasteiger partial charge >= 0.3 is 0 Å². The molecular formula is C19H20FNO2. The van der Waals surface area contributed by atoms with Crippen molar-refractivity contribution in [3.8, 4) is 5.75 Å². The van der Waals surface area contributed by atoms with E-state index in [0.717, 1.165) is 24.8 Å². The fourth-order valence-corrected chi connectivity index (χ4v) is 3.22. The summed E-state index contributed by atoms with van der Waals surface area (Å²) in [6.45, 7) is 2.43. The first-order valence-corrected chi connectivity index (χ1v) is 7.93. The first-order valence-electron chi connectivity index (χ1n) is 7.93. The third kappa shape index (κ3) is 3.07. The summed E-state index contributed by atoms with van der Waals surface area (Å²) in [4.78, 5) is 14.8. The molecule has 1 saturated heterocycles. The van der Waals surface area contributed by atoms with E-state index in [1.165, 1.54) is 12.1 Å². The summed E-state index contributed by atoms with van der Waals surface area (Å²) in [6.07, 6.45) is 2.88. The Morgan fingerprint density at radius 3 is 2.65 bits per heavy atom. The number of phenols is 1. The second kappa shape index (κ2) is 6.41. The number of carbonyl (C=O) groups is 1. The zero-order valence-electron chi connectivity index (χ0n) is 13.1. The molecule has 1 amide bonds. The van der Waals surface area contributed by atoms with Gasteiger partial charge in [-0.1, -0.05) is 18.2 Å². The number of halogens is 1. The number of rotatable bonds is 2. The van der Waals surface area contributed by atoms with Crippen LogP contribution in [0, 0.1) is 12.7 Å². The molecule has 1 aliphatic heterocycles. The smallest absolute Gasteiger partial charge is 0.254 e. The van der Waals surface area contributed by atoms with Crippen LogP contribution in [0.2, 0.25) is 0 Å².